The van der Waals surface area contributed by atoms with Gasteiger partial charge in [0.1, 0.15) is 5.75 Å². The van der Waals surface area contributed by atoms with E-state index in [0.29, 0.717) is 11.3 Å². The highest BCUT2D eigenvalue weighted by Crippen LogP contribution is 2.26. The summed E-state index contributed by atoms with van der Waals surface area (Å²) in [5.41, 5.74) is 6.84. The quantitative estimate of drug-likeness (QED) is 0.500. The Kier molecular flexibility index (Phi) is 3.38. The molecular weight excluding hydrogens is 262 g/mol. The summed E-state index contributed by atoms with van der Waals surface area (Å²) >= 11 is 0. The summed E-state index contributed by atoms with van der Waals surface area (Å²) in [4.78, 5) is 14.2. The van der Waals surface area contributed by atoms with Crippen molar-refractivity contribution in [1.29, 1.82) is 0 Å². The van der Waals surface area contributed by atoms with Crippen LogP contribution in [0.2, 0.25) is 0 Å². The van der Waals surface area contributed by atoms with E-state index >= 15 is 0 Å². The number of phenols is 1. The molecule has 20 heavy (non-hydrogen) atoms. The van der Waals surface area contributed by atoms with Crippen LogP contribution in [0, 0.1) is 24.0 Å². The largest absolute Gasteiger partial charge is 0.507 e. The lowest BCUT2D eigenvalue weighted by Crippen LogP contribution is -1.98. The lowest BCUT2D eigenvalue weighted by atomic mass is 10.1. The Bertz CT molecular complexity index is 705. The number of nitrogens with zero attached hydrogens (tertiary/aromatic N) is 4. The van der Waals surface area contributed by atoms with Gasteiger partial charge < -0.3 is 10.8 Å². The standard InChI is InChI=1S/C12H13N5O3/c1-7-3-10(17(19)20)4-9(11(7)18)5-14-16-6-8(2)15-12(16)13/h3-6,18H,1-2H3,(H2,13,15). The number of aromatic hydroxyl groups is 1. The van der Waals surface area contributed by atoms with Crippen molar-refractivity contribution >= 4 is 17.9 Å². The number of aryl methyl sites for hydroxylation is 2. The number of rotatable bonds is 3. The molecule has 2 aromatic rings. The molecule has 8 nitrogen and oxygen atoms in total. The number of nitrogens with two attached hydrogens (primary N) is 1. The minimum Gasteiger partial charge on any atom is -0.507 e. The molecule has 3 N–H and O–H groups in total. The van der Waals surface area contributed by atoms with Gasteiger partial charge in [0.25, 0.3) is 5.69 Å². The van der Waals surface area contributed by atoms with Crippen LogP contribution in [0.1, 0.15) is 16.8 Å². The third-order valence-corrected chi connectivity index (χ3v) is 2.68. The minimum atomic E-state index is -0.528. The van der Waals surface area contributed by atoms with Gasteiger partial charge in [-0.25, -0.2) is 9.66 Å². The van der Waals surface area contributed by atoms with Crippen LogP contribution in [0.4, 0.5) is 11.6 Å². The van der Waals surface area contributed by atoms with Crippen LogP contribution < -0.4 is 5.73 Å². The van der Waals surface area contributed by atoms with Crippen molar-refractivity contribution in [2.24, 2.45) is 5.10 Å². The summed E-state index contributed by atoms with van der Waals surface area (Å²) < 4.78 is 1.32. The maximum absolute atomic E-state index is 10.8. The molecule has 0 radical (unpaired) electrons. The molecule has 8 heteroatoms. The minimum absolute atomic E-state index is 0.0604. The van der Waals surface area contributed by atoms with Crippen LogP contribution in [0.25, 0.3) is 0 Å². The van der Waals surface area contributed by atoms with Gasteiger partial charge in [-0.3, -0.25) is 10.1 Å². The number of nitro benzene ring substituents is 1. The van der Waals surface area contributed by atoms with Crippen LogP contribution in [0.15, 0.2) is 23.4 Å². The van der Waals surface area contributed by atoms with E-state index < -0.39 is 4.92 Å². The molecule has 2 rings (SSSR count). The van der Waals surface area contributed by atoms with Crippen molar-refractivity contribution < 1.29 is 10.0 Å². The van der Waals surface area contributed by atoms with Crippen LogP contribution in [0.3, 0.4) is 0 Å². The number of anilines is 1. The number of non-ortho nitro benzene ring substituents is 1. The number of nitro groups is 1. The molecular formula is C12H13N5O3. The molecule has 1 aromatic heterocycles. The molecule has 104 valence electrons. The zero-order chi connectivity index (χ0) is 14.9. The van der Waals surface area contributed by atoms with Crippen molar-refractivity contribution in [1.82, 2.24) is 9.66 Å². The Labute approximate surface area is 114 Å². The normalized spacial score (nSPS) is 11.1. The SMILES string of the molecule is Cc1cn(N=Cc2cc([N+](=O)[O-])cc(C)c2O)c(N)n1. The van der Waals surface area contributed by atoms with E-state index in [4.69, 9.17) is 5.73 Å². The Morgan fingerprint density at radius 2 is 2.20 bits per heavy atom. The first kappa shape index (κ1) is 13.5. The molecule has 0 fully saturated rings. The van der Waals surface area contributed by atoms with Gasteiger partial charge in [0.15, 0.2) is 0 Å². The molecule has 0 aliphatic rings. The summed E-state index contributed by atoms with van der Waals surface area (Å²) in [6, 6.07) is 2.54. The van der Waals surface area contributed by atoms with Gasteiger partial charge in [-0.05, 0) is 19.4 Å². The fourth-order valence-electron chi connectivity index (χ4n) is 1.71. The second-order valence-corrected chi connectivity index (χ2v) is 4.29. The van der Waals surface area contributed by atoms with E-state index in [1.165, 1.54) is 23.0 Å². The summed E-state index contributed by atoms with van der Waals surface area (Å²) in [6.07, 6.45) is 2.90. The lowest BCUT2D eigenvalue weighted by Gasteiger charge is -2.03. The summed E-state index contributed by atoms with van der Waals surface area (Å²) in [6.45, 7) is 3.34. The van der Waals surface area contributed by atoms with E-state index in [9.17, 15) is 15.2 Å². The van der Waals surface area contributed by atoms with Gasteiger partial charge >= 0.3 is 0 Å². The monoisotopic (exact) mass is 275 g/mol. The third kappa shape index (κ3) is 2.58. The van der Waals surface area contributed by atoms with Crippen molar-refractivity contribution in [3.63, 3.8) is 0 Å². The van der Waals surface area contributed by atoms with E-state index in [-0.39, 0.29) is 22.9 Å². The Hall–Kier alpha value is -2.90. The first-order chi connectivity index (χ1) is 9.38. The predicted molar refractivity (Wildman–Crippen MR) is 73.9 cm³/mol. The molecule has 0 atom stereocenters. The highest BCUT2D eigenvalue weighted by Gasteiger charge is 2.12. The number of phenolic OH excluding ortho intramolecular Hbond substituents is 1. The second-order valence-electron chi connectivity index (χ2n) is 4.29. The van der Waals surface area contributed by atoms with Gasteiger partial charge in [0.2, 0.25) is 5.95 Å². The number of imidazole rings is 1. The van der Waals surface area contributed by atoms with Crippen molar-refractivity contribution in [3.05, 3.63) is 45.3 Å². The van der Waals surface area contributed by atoms with Crippen LogP contribution in [0.5, 0.6) is 5.75 Å². The van der Waals surface area contributed by atoms with E-state index in [2.05, 4.69) is 10.1 Å². The number of aromatic nitrogens is 2. The van der Waals surface area contributed by atoms with Gasteiger partial charge in [0, 0.05) is 17.7 Å². The van der Waals surface area contributed by atoms with Gasteiger partial charge in [-0.2, -0.15) is 5.10 Å². The number of benzene rings is 1. The van der Waals surface area contributed by atoms with Crippen molar-refractivity contribution in [2.75, 3.05) is 5.73 Å². The Morgan fingerprint density at radius 3 is 2.75 bits per heavy atom. The van der Waals surface area contributed by atoms with Gasteiger partial charge in [0.05, 0.1) is 23.0 Å². The first-order valence-corrected chi connectivity index (χ1v) is 5.72. The zero-order valence-corrected chi connectivity index (χ0v) is 10.9. The van der Waals surface area contributed by atoms with E-state index in [1.807, 2.05) is 0 Å². The molecule has 0 aliphatic carbocycles. The fourth-order valence-corrected chi connectivity index (χ4v) is 1.71. The van der Waals surface area contributed by atoms with Gasteiger partial charge in [-0.1, -0.05) is 0 Å². The van der Waals surface area contributed by atoms with E-state index in [0.717, 1.165) is 0 Å². The molecule has 0 saturated heterocycles. The van der Waals surface area contributed by atoms with Crippen molar-refractivity contribution in [2.45, 2.75) is 13.8 Å². The molecule has 0 unspecified atom stereocenters. The second kappa shape index (κ2) is 5.00. The fraction of sp³-hybridized carbons (Fsp3) is 0.167. The molecule has 0 aliphatic heterocycles. The zero-order valence-electron chi connectivity index (χ0n) is 10.9. The third-order valence-electron chi connectivity index (χ3n) is 2.68. The highest BCUT2D eigenvalue weighted by molar-refractivity contribution is 5.85. The average Bonchev–Trinajstić information content (AvgIpc) is 2.69. The van der Waals surface area contributed by atoms with Crippen LogP contribution in [-0.2, 0) is 0 Å². The van der Waals surface area contributed by atoms with Gasteiger partial charge in [-0.15, -0.1) is 0 Å². The molecule has 0 spiro atoms. The van der Waals surface area contributed by atoms with Crippen LogP contribution in [-0.4, -0.2) is 25.9 Å². The number of hydrogen-bond donors (Lipinski definition) is 2. The number of hydrogen-bond acceptors (Lipinski definition) is 6. The average molecular weight is 275 g/mol. The maximum atomic E-state index is 10.8. The first-order valence-electron chi connectivity index (χ1n) is 5.72. The summed E-state index contributed by atoms with van der Waals surface area (Å²) in [7, 11) is 0. The molecule has 0 saturated carbocycles. The van der Waals surface area contributed by atoms with E-state index in [1.54, 1.807) is 20.0 Å². The summed E-state index contributed by atoms with van der Waals surface area (Å²) in [5, 5.41) is 24.7. The smallest absolute Gasteiger partial charge is 0.270 e. The topological polar surface area (TPSA) is 120 Å². The molecule has 0 bridgehead atoms. The maximum Gasteiger partial charge on any atom is 0.270 e. The Balaban J connectivity index is 2.42. The Morgan fingerprint density at radius 1 is 1.50 bits per heavy atom. The molecule has 1 heterocycles. The molecule has 1 aromatic carbocycles. The summed E-state index contributed by atoms with van der Waals surface area (Å²) in [5.74, 6) is 0.134. The molecule has 0 amide bonds. The van der Waals surface area contributed by atoms with Crippen LogP contribution >= 0.6 is 0 Å². The lowest BCUT2D eigenvalue weighted by molar-refractivity contribution is -0.384. The highest BCUT2D eigenvalue weighted by atomic mass is 16.6. The predicted octanol–water partition coefficient (Wildman–Crippen LogP) is 1.58. The number of nitrogen functional groups attached to an aromatic ring is 1. The van der Waals surface area contributed by atoms with Crippen molar-refractivity contribution in [3.8, 4) is 5.75 Å².